The highest BCUT2D eigenvalue weighted by molar-refractivity contribution is 5.95. The number of para-hydroxylation sites is 1. The predicted molar refractivity (Wildman–Crippen MR) is 119 cm³/mol. The average Bonchev–Trinajstić information content (AvgIpc) is 3.58. The molecule has 4 aromatic rings. The lowest BCUT2D eigenvalue weighted by molar-refractivity contribution is 0.0594. The minimum Gasteiger partial charge on any atom is -0.464 e. The summed E-state index contributed by atoms with van der Waals surface area (Å²) in [5.41, 5.74) is 8.31. The standard InChI is InChI=1S/C22H20N8O3/c1-30(13-6-4-3-5-7-13)22-27-17(26-21(23)28-22)18-25-19(33-29-18)15-14(12-8-9-12)10-11-24-16(15)20(31)32-2/h3-7,10-12H,8-9H2,1-2H3,(H2,23,26,27,28). The summed E-state index contributed by atoms with van der Waals surface area (Å²) in [6, 6.07) is 11.4. The molecule has 0 unspecified atom stereocenters. The normalized spacial score (nSPS) is 13.0. The van der Waals surface area contributed by atoms with E-state index in [0.29, 0.717) is 17.4 Å². The molecule has 1 aliphatic rings. The zero-order valence-corrected chi connectivity index (χ0v) is 18.0. The van der Waals surface area contributed by atoms with E-state index < -0.39 is 5.97 Å². The third kappa shape index (κ3) is 3.95. The van der Waals surface area contributed by atoms with E-state index in [1.54, 1.807) is 11.1 Å². The molecule has 33 heavy (non-hydrogen) atoms. The van der Waals surface area contributed by atoms with Crippen LogP contribution in [0.1, 0.15) is 34.8 Å². The van der Waals surface area contributed by atoms with Gasteiger partial charge in [-0.25, -0.2) is 9.78 Å². The van der Waals surface area contributed by atoms with E-state index in [1.165, 1.54) is 7.11 Å². The molecule has 5 rings (SSSR count). The van der Waals surface area contributed by atoms with Crippen molar-refractivity contribution >= 4 is 23.6 Å². The van der Waals surface area contributed by atoms with Gasteiger partial charge in [-0.2, -0.15) is 19.9 Å². The number of hydrogen-bond donors (Lipinski definition) is 1. The topological polar surface area (TPSA) is 146 Å². The molecule has 3 aromatic heterocycles. The fraction of sp³-hybridized carbons (Fsp3) is 0.227. The molecular formula is C22H20N8O3. The van der Waals surface area contributed by atoms with Gasteiger partial charge in [0, 0.05) is 18.9 Å². The number of carbonyl (C=O) groups is 1. The van der Waals surface area contributed by atoms with E-state index >= 15 is 0 Å². The van der Waals surface area contributed by atoms with Crippen LogP contribution in [0.25, 0.3) is 23.1 Å². The first-order chi connectivity index (χ1) is 16.0. The van der Waals surface area contributed by atoms with Crippen molar-refractivity contribution in [1.82, 2.24) is 30.1 Å². The van der Waals surface area contributed by atoms with Crippen molar-refractivity contribution < 1.29 is 14.1 Å². The fourth-order valence-electron chi connectivity index (χ4n) is 3.50. The summed E-state index contributed by atoms with van der Waals surface area (Å²) < 4.78 is 10.4. The van der Waals surface area contributed by atoms with Crippen LogP contribution in [0.5, 0.6) is 0 Å². The van der Waals surface area contributed by atoms with E-state index in [9.17, 15) is 4.79 Å². The molecule has 11 heteroatoms. The lowest BCUT2D eigenvalue weighted by Gasteiger charge is -2.17. The Kier molecular flexibility index (Phi) is 5.13. The molecular weight excluding hydrogens is 424 g/mol. The van der Waals surface area contributed by atoms with E-state index in [2.05, 4.69) is 30.1 Å². The molecule has 166 valence electrons. The number of methoxy groups -OCH3 is 1. The number of esters is 1. The maximum absolute atomic E-state index is 12.3. The third-order valence-corrected chi connectivity index (χ3v) is 5.30. The van der Waals surface area contributed by atoms with Crippen molar-refractivity contribution in [2.45, 2.75) is 18.8 Å². The van der Waals surface area contributed by atoms with Crippen LogP contribution in [-0.4, -0.2) is 50.2 Å². The minimum atomic E-state index is -0.580. The molecule has 2 N–H and O–H groups in total. The Labute approximate surface area is 188 Å². The van der Waals surface area contributed by atoms with Gasteiger partial charge in [0.05, 0.1) is 12.7 Å². The molecule has 0 saturated heterocycles. The molecule has 3 heterocycles. The van der Waals surface area contributed by atoms with Crippen LogP contribution in [0.2, 0.25) is 0 Å². The van der Waals surface area contributed by atoms with Crippen LogP contribution in [0.3, 0.4) is 0 Å². The number of nitrogen functional groups attached to an aromatic ring is 1. The van der Waals surface area contributed by atoms with E-state index in [1.807, 2.05) is 43.4 Å². The second-order valence-electron chi connectivity index (χ2n) is 7.52. The summed E-state index contributed by atoms with van der Waals surface area (Å²) in [4.78, 5) is 35.6. The van der Waals surface area contributed by atoms with Crippen molar-refractivity contribution in [3.8, 4) is 23.1 Å². The van der Waals surface area contributed by atoms with Gasteiger partial charge in [-0.3, -0.25) is 0 Å². The van der Waals surface area contributed by atoms with Gasteiger partial charge in [-0.05, 0) is 42.5 Å². The SMILES string of the molecule is COC(=O)c1nccc(C2CC2)c1-c1nc(-c2nc(N)nc(N(C)c3ccccc3)n2)no1. The van der Waals surface area contributed by atoms with E-state index in [0.717, 1.165) is 24.1 Å². The van der Waals surface area contributed by atoms with Crippen LogP contribution in [0.4, 0.5) is 17.6 Å². The number of ether oxygens (including phenoxy) is 1. The zero-order valence-electron chi connectivity index (χ0n) is 18.0. The second-order valence-corrected chi connectivity index (χ2v) is 7.52. The molecule has 0 amide bonds. The summed E-state index contributed by atoms with van der Waals surface area (Å²) in [5, 5.41) is 4.03. The van der Waals surface area contributed by atoms with Gasteiger partial charge in [0.25, 0.3) is 5.89 Å². The summed E-state index contributed by atoms with van der Waals surface area (Å²) in [7, 11) is 3.12. The molecule has 0 aliphatic heterocycles. The number of benzene rings is 1. The van der Waals surface area contributed by atoms with Crippen LogP contribution < -0.4 is 10.6 Å². The summed E-state index contributed by atoms with van der Waals surface area (Å²) >= 11 is 0. The maximum atomic E-state index is 12.3. The Morgan fingerprint density at radius 2 is 1.88 bits per heavy atom. The zero-order chi connectivity index (χ0) is 22.9. The molecule has 0 spiro atoms. The predicted octanol–water partition coefficient (Wildman–Crippen LogP) is 3.00. The molecule has 0 radical (unpaired) electrons. The number of carbonyl (C=O) groups excluding carboxylic acids is 1. The number of rotatable bonds is 6. The van der Waals surface area contributed by atoms with E-state index in [-0.39, 0.29) is 29.2 Å². The number of anilines is 3. The van der Waals surface area contributed by atoms with Gasteiger partial charge < -0.3 is 19.9 Å². The Morgan fingerprint density at radius 1 is 1.09 bits per heavy atom. The first-order valence-electron chi connectivity index (χ1n) is 10.3. The van der Waals surface area contributed by atoms with Crippen LogP contribution in [0, 0.1) is 0 Å². The quantitative estimate of drug-likeness (QED) is 0.438. The smallest absolute Gasteiger partial charge is 0.357 e. The lowest BCUT2D eigenvalue weighted by atomic mass is 10.0. The largest absolute Gasteiger partial charge is 0.464 e. The number of pyridine rings is 1. The lowest BCUT2D eigenvalue weighted by Crippen LogP contribution is -2.15. The molecule has 1 aliphatic carbocycles. The molecule has 1 saturated carbocycles. The van der Waals surface area contributed by atoms with Gasteiger partial charge in [0.15, 0.2) is 5.69 Å². The Hall–Kier alpha value is -4.41. The molecule has 0 bridgehead atoms. The van der Waals surface area contributed by atoms with E-state index in [4.69, 9.17) is 15.0 Å². The van der Waals surface area contributed by atoms with Crippen molar-refractivity contribution in [3.05, 3.63) is 53.9 Å². The number of nitrogens with two attached hydrogens (primary N) is 1. The molecule has 1 fully saturated rings. The monoisotopic (exact) mass is 444 g/mol. The minimum absolute atomic E-state index is 0.0134. The molecule has 1 aromatic carbocycles. The number of hydrogen-bond acceptors (Lipinski definition) is 11. The summed E-state index contributed by atoms with van der Waals surface area (Å²) in [6.45, 7) is 0. The summed E-state index contributed by atoms with van der Waals surface area (Å²) in [5.74, 6) is 0.459. The Balaban J connectivity index is 1.55. The van der Waals surface area contributed by atoms with Gasteiger partial charge in [0.1, 0.15) is 0 Å². The van der Waals surface area contributed by atoms with Gasteiger partial charge >= 0.3 is 5.97 Å². The van der Waals surface area contributed by atoms with Crippen LogP contribution in [0.15, 0.2) is 47.1 Å². The fourth-order valence-corrected chi connectivity index (χ4v) is 3.50. The Morgan fingerprint density at radius 3 is 2.61 bits per heavy atom. The van der Waals surface area contributed by atoms with Gasteiger partial charge in [-0.1, -0.05) is 23.4 Å². The highest BCUT2D eigenvalue weighted by Gasteiger charge is 2.32. The van der Waals surface area contributed by atoms with Gasteiger partial charge in [0.2, 0.25) is 23.5 Å². The molecule has 11 nitrogen and oxygen atoms in total. The van der Waals surface area contributed by atoms with Crippen molar-refractivity contribution in [1.29, 1.82) is 0 Å². The first-order valence-corrected chi connectivity index (χ1v) is 10.3. The molecule has 0 atom stereocenters. The maximum Gasteiger partial charge on any atom is 0.357 e. The van der Waals surface area contributed by atoms with Crippen LogP contribution >= 0.6 is 0 Å². The van der Waals surface area contributed by atoms with Crippen molar-refractivity contribution in [3.63, 3.8) is 0 Å². The van der Waals surface area contributed by atoms with Crippen molar-refractivity contribution in [2.24, 2.45) is 0 Å². The number of nitrogens with zero attached hydrogens (tertiary/aromatic N) is 7. The van der Waals surface area contributed by atoms with Crippen molar-refractivity contribution in [2.75, 3.05) is 24.8 Å². The highest BCUT2D eigenvalue weighted by atomic mass is 16.5. The Bertz CT molecular complexity index is 1320. The van der Waals surface area contributed by atoms with Gasteiger partial charge in [-0.15, -0.1) is 0 Å². The summed E-state index contributed by atoms with van der Waals surface area (Å²) in [6.07, 6.45) is 3.61. The highest BCUT2D eigenvalue weighted by Crippen LogP contribution is 2.45. The van der Waals surface area contributed by atoms with Crippen LogP contribution in [-0.2, 0) is 4.74 Å². The number of aromatic nitrogens is 6. The second kappa shape index (κ2) is 8.26. The average molecular weight is 444 g/mol. The first kappa shape index (κ1) is 20.5. The third-order valence-electron chi connectivity index (χ3n) is 5.30.